The Kier molecular flexibility index (Phi) is 5.50. The minimum atomic E-state index is 0.224. The van der Waals surface area contributed by atoms with E-state index in [2.05, 4.69) is 53.7 Å². The van der Waals surface area contributed by atoms with Crippen LogP contribution in [0.15, 0.2) is 12.2 Å². The molecule has 0 unspecified atom stereocenters. The summed E-state index contributed by atoms with van der Waals surface area (Å²) >= 11 is 0. The zero-order valence-electron chi connectivity index (χ0n) is 21.3. The molecule has 0 bridgehead atoms. The molecule has 5 rings (SSSR count). The Morgan fingerprint density at radius 1 is 0.871 bits per heavy atom. The first-order valence-electron chi connectivity index (χ1n) is 13.6. The van der Waals surface area contributed by atoms with Crippen LogP contribution in [-0.4, -0.2) is 24.9 Å². The number of epoxide rings is 1. The Balaban J connectivity index is 1.37. The van der Waals surface area contributed by atoms with Gasteiger partial charge in [0.15, 0.2) is 0 Å². The van der Waals surface area contributed by atoms with Gasteiger partial charge in [0.25, 0.3) is 0 Å². The van der Waals surface area contributed by atoms with Gasteiger partial charge < -0.3 is 9.47 Å². The van der Waals surface area contributed by atoms with Gasteiger partial charge in [-0.25, -0.2) is 0 Å². The summed E-state index contributed by atoms with van der Waals surface area (Å²) in [4.78, 5) is 0. The standard InChI is InChI=1S/C29H48O2/c1-18(2)19(3)8-9-20(4)23-10-11-24-28(23,6)15-13-25-27(5)14-12-22(30-7)16-21(27)17-26-29(24,25)31-26/h8-9,18-26H,10-17H2,1-7H3/b9-8+/t19-,20+,21+,22+,23-,24-,25-,26+,27-,28+,29-/m0/s1. The molecule has 1 spiro atoms. The lowest BCUT2D eigenvalue weighted by Crippen LogP contribution is -2.59. The molecule has 2 heteroatoms. The molecule has 0 N–H and O–H groups in total. The SMILES string of the molecule is CO[C@@H]1CC[C@@]2(C)[C@H](C1)C[C@H]1O[C@@]13[C@H]2CC[C@]1(C)[C@H]([C@H](C)/C=C/[C@H](C)C(C)C)CC[C@@H]13. The predicted molar refractivity (Wildman–Crippen MR) is 128 cm³/mol. The highest BCUT2D eigenvalue weighted by atomic mass is 16.6. The van der Waals surface area contributed by atoms with Gasteiger partial charge in [-0.05, 0) is 104 Å². The van der Waals surface area contributed by atoms with Crippen molar-refractivity contribution in [2.75, 3.05) is 7.11 Å². The third-order valence-electron chi connectivity index (χ3n) is 11.8. The van der Waals surface area contributed by atoms with Crippen LogP contribution in [0.1, 0.15) is 92.9 Å². The molecule has 31 heavy (non-hydrogen) atoms. The van der Waals surface area contributed by atoms with E-state index < -0.39 is 0 Å². The van der Waals surface area contributed by atoms with E-state index in [0.717, 1.165) is 29.6 Å². The van der Waals surface area contributed by atoms with Crippen molar-refractivity contribution in [3.8, 4) is 0 Å². The van der Waals surface area contributed by atoms with E-state index in [9.17, 15) is 0 Å². The number of hydrogen-bond donors (Lipinski definition) is 0. The van der Waals surface area contributed by atoms with Crippen molar-refractivity contribution in [2.45, 2.75) is 111 Å². The van der Waals surface area contributed by atoms with Crippen molar-refractivity contribution in [3.63, 3.8) is 0 Å². The molecule has 4 aliphatic carbocycles. The number of fused-ring (bicyclic) bond motifs is 3. The molecule has 5 aliphatic rings. The molecule has 5 fully saturated rings. The van der Waals surface area contributed by atoms with Crippen molar-refractivity contribution in [1.29, 1.82) is 0 Å². The number of ether oxygens (including phenoxy) is 2. The number of methoxy groups -OCH3 is 1. The lowest BCUT2D eigenvalue weighted by atomic mass is 9.44. The molecule has 11 atom stereocenters. The van der Waals surface area contributed by atoms with Crippen molar-refractivity contribution in [3.05, 3.63) is 12.2 Å². The molecule has 0 aromatic rings. The third-order valence-corrected chi connectivity index (χ3v) is 11.8. The van der Waals surface area contributed by atoms with Crippen LogP contribution in [0.4, 0.5) is 0 Å². The summed E-state index contributed by atoms with van der Waals surface area (Å²) in [5.41, 5.74) is 1.16. The zero-order chi connectivity index (χ0) is 22.2. The Bertz CT molecular complexity index is 714. The average Bonchev–Trinajstić information content (AvgIpc) is 3.31. The summed E-state index contributed by atoms with van der Waals surface area (Å²) in [6, 6.07) is 0. The Morgan fingerprint density at radius 2 is 1.58 bits per heavy atom. The first-order valence-corrected chi connectivity index (χ1v) is 13.6. The predicted octanol–water partition coefficient (Wildman–Crippen LogP) is 7.28. The maximum absolute atomic E-state index is 6.87. The average molecular weight is 429 g/mol. The fourth-order valence-corrected chi connectivity index (χ4v) is 9.44. The third kappa shape index (κ3) is 3.17. The molecule has 1 aliphatic heterocycles. The van der Waals surface area contributed by atoms with Crippen LogP contribution in [-0.2, 0) is 9.47 Å². The topological polar surface area (TPSA) is 21.8 Å². The molecule has 176 valence electrons. The second-order valence-corrected chi connectivity index (χ2v) is 13.2. The second-order valence-electron chi connectivity index (χ2n) is 13.2. The van der Waals surface area contributed by atoms with Gasteiger partial charge in [0.1, 0.15) is 5.60 Å². The maximum Gasteiger partial charge on any atom is 0.101 e. The molecule has 0 aromatic heterocycles. The molecular formula is C29H48O2. The van der Waals surface area contributed by atoms with E-state index in [4.69, 9.17) is 9.47 Å². The molecule has 1 saturated heterocycles. The summed E-state index contributed by atoms with van der Waals surface area (Å²) in [5.74, 6) is 5.28. The highest BCUT2D eigenvalue weighted by Gasteiger charge is 2.78. The molecular weight excluding hydrogens is 380 g/mol. The van der Waals surface area contributed by atoms with Gasteiger partial charge >= 0.3 is 0 Å². The summed E-state index contributed by atoms with van der Waals surface area (Å²) in [7, 11) is 1.91. The van der Waals surface area contributed by atoms with Gasteiger partial charge in [-0.1, -0.05) is 53.7 Å². The van der Waals surface area contributed by atoms with E-state index in [1.165, 1.54) is 51.4 Å². The van der Waals surface area contributed by atoms with Gasteiger partial charge in [-0.2, -0.15) is 0 Å². The first-order chi connectivity index (χ1) is 14.7. The van der Waals surface area contributed by atoms with Crippen LogP contribution in [0, 0.1) is 52.3 Å². The maximum atomic E-state index is 6.87. The van der Waals surface area contributed by atoms with Crippen LogP contribution in [0.3, 0.4) is 0 Å². The van der Waals surface area contributed by atoms with Gasteiger partial charge in [0.05, 0.1) is 12.2 Å². The monoisotopic (exact) mass is 428 g/mol. The van der Waals surface area contributed by atoms with E-state index >= 15 is 0 Å². The molecule has 4 saturated carbocycles. The molecule has 1 heterocycles. The highest BCUT2D eigenvalue weighted by Crippen LogP contribution is 2.76. The highest BCUT2D eigenvalue weighted by molar-refractivity contribution is 5.26. The van der Waals surface area contributed by atoms with Crippen molar-refractivity contribution in [1.82, 2.24) is 0 Å². The molecule has 0 radical (unpaired) electrons. The number of allylic oxidation sites excluding steroid dienone is 2. The number of rotatable bonds is 5. The lowest BCUT2D eigenvalue weighted by Gasteiger charge is -2.59. The van der Waals surface area contributed by atoms with Crippen molar-refractivity contribution < 1.29 is 9.47 Å². The molecule has 2 nitrogen and oxygen atoms in total. The van der Waals surface area contributed by atoms with Crippen LogP contribution >= 0.6 is 0 Å². The van der Waals surface area contributed by atoms with E-state index in [1.54, 1.807) is 0 Å². The van der Waals surface area contributed by atoms with E-state index in [1.807, 2.05) is 7.11 Å². The summed E-state index contributed by atoms with van der Waals surface area (Å²) in [5, 5.41) is 0. The Labute approximate surface area is 191 Å². The Morgan fingerprint density at radius 3 is 2.29 bits per heavy atom. The number of hydrogen-bond acceptors (Lipinski definition) is 2. The van der Waals surface area contributed by atoms with Crippen LogP contribution in [0.2, 0.25) is 0 Å². The molecule has 0 aromatic carbocycles. The van der Waals surface area contributed by atoms with Gasteiger partial charge in [0.2, 0.25) is 0 Å². The Hall–Kier alpha value is -0.340. The second kappa shape index (κ2) is 7.59. The van der Waals surface area contributed by atoms with Gasteiger partial charge in [-0.3, -0.25) is 0 Å². The lowest BCUT2D eigenvalue weighted by molar-refractivity contribution is -0.120. The molecule has 0 amide bonds. The fraction of sp³-hybridized carbons (Fsp3) is 0.931. The quantitative estimate of drug-likeness (QED) is 0.339. The van der Waals surface area contributed by atoms with E-state index in [0.29, 0.717) is 34.9 Å². The van der Waals surface area contributed by atoms with Crippen LogP contribution < -0.4 is 0 Å². The van der Waals surface area contributed by atoms with E-state index in [-0.39, 0.29) is 5.60 Å². The smallest absolute Gasteiger partial charge is 0.101 e. The van der Waals surface area contributed by atoms with Gasteiger partial charge in [-0.15, -0.1) is 0 Å². The normalized spacial score (nSPS) is 52.9. The fourth-order valence-electron chi connectivity index (χ4n) is 9.44. The van der Waals surface area contributed by atoms with Crippen LogP contribution in [0.25, 0.3) is 0 Å². The largest absolute Gasteiger partial charge is 0.381 e. The summed E-state index contributed by atoms with van der Waals surface area (Å²) in [6.07, 6.45) is 16.9. The summed E-state index contributed by atoms with van der Waals surface area (Å²) in [6.45, 7) is 14.9. The zero-order valence-corrected chi connectivity index (χ0v) is 21.3. The minimum absolute atomic E-state index is 0.224. The van der Waals surface area contributed by atoms with Crippen molar-refractivity contribution >= 4 is 0 Å². The van der Waals surface area contributed by atoms with Crippen LogP contribution in [0.5, 0.6) is 0 Å². The summed E-state index contributed by atoms with van der Waals surface area (Å²) < 4.78 is 12.7. The minimum Gasteiger partial charge on any atom is -0.381 e. The first kappa shape index (κ1) is 22.5. The van der Waals surface area contributed by atoms with Crippen molar-refractivity contribution in [2.24, 2.45) is 52.3 Å². The van der Waals surface area contributed by atoms with Gasteiger partial charge in [0, 0.05) is 7.11 Å².